The number of ether oxygens (including phenoxy) is 1. The number of aromatic amines is 1. The minimum absolute atomic E-state index is 0.0787. The number of nitriles is 1. The smallest absolute Gasteiger partial charge is 0.166 e. The Morgan fingerprint density at radius 2 is 2.14 bits per heavy atom. The SMILES string of the molecule is CCO[C@@H](CC)CN(C)c1sc(-c2ncn[nH]2)c(-c2ccc(Cl)cc2Cl)c1C#N. The van der Waals surface area contributed by atoms with Gasteiger partial charge >= 0.3 is 0 Å². The summed E-state index contributed by atoms with van der Waals surface area (Å²) >= 11 is 14.1. The molecule has 0 spiro atoms. The van der Waals surface area contributed by atoms with Gasteiger partial charge in [0.25, 0.3) is 0 Å². The summed E-state index contributed by atoms with van der Waals surface area (Å²) in [5, 5.41) is 18.7. The summed E-state index contributed by atoms with van der Waals surface area (Å²) in [6.07, 6.45) is 2.41. The first-order valence-corrected chi connectivity index (χ1v) is 10.8. The first-order chi connectivity index (χ1) is 14.0. The Labute approximate surface area is 184 Å². The first-order valence-electron chi connectivity index (χ1n) is 9.20. The van der Waals surface area contributed by atoms with Crippen molar-refractivity contribution >= 4 is 39.5 Å². The Hall–Kier alpha value is -2.11. The fraction of sp³-hybridized carbons (Fsp3) is 0.350. The van der Waals surface area contributed by atoms with Crippen molar-refractivity contribution in [1.82, 2.24) is 15.2 Å². The largest absolute Gasteiger partial charge is 0.377 e. The molecule has 0 aliphatic heterocycles. The van der Waals surface area contributed by atoms with E-state index in [-0.39, 0.29) is 6.10 Å². The Balaban J connectivity index is 2.15. The van der Waals surface area contributed by atoms with E-state index in [1.807, 2.05) is 20.0 Å². The molecular formula is C20H21Cl2N5OS. The van der Waals surface area contributed by atoms with Crippen LogP contribution in [0.4, 0.5) is 5.00 Å². The van der Waals surface area contributed by atoms with Crippen molar-refractivity contribution in [3.8, 4) is 27.9 Å². The van der Waals surface area contributed by atoms with Crippen LogP contribution in [0.3, 0.4) is 0 Å². The lowest BCUT2D eigenvalue weighted by molar-refractivity contribution is 0.0659. The molecule has 6 nitrogen and oxygen atoms in total. The monoisotopic (exact) mass is 449 g/mol. The highest BCUT2D eigenvalue weighted by atomic mass is 35.5. The Morgan fingerprint density at radius 1 is 1.34 bits per heavy atom. The van der Waals surface area contributed by atoms with Crippen LogP contribution in [-0.4, -0.2) is 41.5 Å². The lowest BCUT2D eigenvalue weighted by Crippen LogP contribution is -2.30. The van der Waals surface area contributed by atoms with Gasteiger partial charge in [0.15, 0.2) is 5.82 Å². The minimum atomic E-state index is 0.0787. The van der Waals surface area contributed by atoms with Gasteiger partial charge in [0.1, 0.15) is 17.4 Å². The Bertz CT molecular complexity index is 1010. The molecule has 0 radical (unpaired) electrons. The van der Waals surface area contributed by atoms with Crippen LogP contribution in [0.2, 0.25) is 10.0 Å². The number of likely N-dealkylation sites (N-methyl/N-ethyl adjacent to an activating group) is 1. The Kier molecular flexibility index (Phi) is 7.14. The number of H-pyrrole nitrogens is 1. The topological polar surface area (TPSA) is 77.8 Å². The highest BCUT2D eigenvalue weighted by Gasteiger charge is 2.26. The maximum atomic E-state index is 10.0. The fourth-order valence-corrected chi connectivity index (χ4v) is 4.83. The predicted molar refractivity (Wildman–Crippen MR) is 119 cm³/mol. The van der Waals surface area contributed by atoms with Crippen LogP contribution in [-0.2, 0) is 4.74 Å². The quantitative estimate of drug-likeness (QED) is 0.481. The molecule has 2 aromatic heterocycles. The molecule has 1 atom stereocenters. The maximum Gasteiger partial charge on any atom is 0.166 e. The lowest BCUT2D eigenvalue weighted by Gasteiger charge is -2.24. The zero-order chi connectivity index (χ0) is 21.0. The number of aromatic nitrogens is 3. The van der Waals surface area contributed by atoms with E-state index in [4.69, 9.17) is 27.9 Å². The maximum absolute atomic E-state index is 10.0. The van der Waals surface area contributed by atoms with Crippen LogP contribution < -0.4 is 4.90 Å². The molecule has 0 aliphatic rings. The van der Waals surface area contributed by atoms with Crippen molar-refractivity contribution in [3.05, 3.63) is 40.1 Å². The molecule has 0 aliphatic carbocycles. The number of nitrogens with zero attached hydrogens (tertiary/aromatic N) is 4. The van der Waals surface area contributed by atoms with Crippen molar-refractivity contribution in [3.63, 3.8) is 0 Å². The molecule has 1 aromatic carbocycles. The van der Waals surface area contributed by atoms with Crippen LogP contribution in [0.5, 0.6) is 0 Å². The van der Waals surface area contributed by atoms with E-state index in [0.29, 0.717) is 34.6 Å². The van der Waals surface area contributed by atoms with Crippen LogP contribution in [0.15, 0.2) is 24.5 Å². The second-order valence-electron chi connectivity index (χ2n) is 6.42. The van der Waals surface area contributed by atoms with Crippen molar-refractivity contribution < 1.29 is 4.74 Å². The van der Waals surface area contributed by atoms with Gasteiger partial charge in [-0.05, 0) is 25.5 Å². The van der Waals surface area contributed by atoms with Gasteiger partial charge in [0.05, 0.1) is 16.5 Å². The Morgan fingerprint density at radius 3 is 2.72 bits per heavy atom. The summed E-state index contributed by atoms with van der Waals surface area (Å²) in [6.45, 7) is 5.39. The summed E-state index contributed by atoms with van der Waals surface area (Å²) in [5.74, 6) is 0.587. The molecular weight excluding hydrogens is 429 g/mol. The molecule has 3 rings (SSSR count). The third-order valence-electron chi connectivity index (χ3n) is 4.51. The first kappa shape index (κ1) is 21.6. The normalized spacial score (nSPS) is 12.0. The molecule has 0 saturated carbocycles. The molecule has 0 saturated heterocycles. The molecule has 0 fully saturated rings. The number of hydrogen-bond donors (Lipinski definition) is 1. The van der Waals surface area contributed by atoms with Gasteiger partial charge in [-0.1, -0.05) is 36.2 Å². The number of anilines is 1. The van der Waals surface area contributed by atoms with Crippen molar-refractivity contribution in [2.45, 2.75) is 26.4 Å². The summed E-state index contributed by atoms with van der Waals surface area (Å²) in [5.41, 5.74) is 1.99. The molecule has 0 unspecified atom stereocenters. The highest BCUT2D eigenvalue weighted by molar-refractivity contribution is 7.20. The van der Waals surface area contributed by atoms with Crippen molar-refractivity contribution in [2.24, 2.45) is 0 Å². The average molecular weight is 450 g/mol. The third kappa shape index (κ3) is 4.57. The number of rotatable bonds is 8. The number of benzene rings is 1. The van der Waals surface area contributed by atoms with E-state index in [0.717, 1.165) is 27.4 Å². The van der Waals surface area contributed by atoms with E-state index in [9.17, 15) is 5.26 Å². The molecule has 3 aromatic rings. The predicted octanol–water partition coefficient (Wildman–Crippen LogP) is 5.63. The number of hydrogen-bond acceptors (Lipinski definition) is 6. The van der Waals surface area contributed by atoms with Crippen LogP contribution >= 0.6 is 34.5 Å². The summed E-state index contributed by atoms with van der Waals surface area (Å²) in [6, 6.07) is 7.63. The number of nitrogens with one attached hydrogen (secondary N) is 1. The van der Waals surface area contributed by atoms with Crippen LogP contribution in [0, 0.1) is 11.3 Å². The van der Waals surface area contributed by atoms with Gasteiger partial charge < -0.3 is 9.64 Å². The zero-order valence-corrected chi connectivity index (χ0v) is 18.7. The van der Waals surface area contributed by atoms with Crippen molar-refractivity contribution in [1.29, 1.82) is 5.26 Å². The van der Waals surface area contributed by atoms with Gasteiger partial charge in [0.2, 0.25) is 0 Å². The van der Waals surface area contributed by atoms with Crippen LogP contribution in [0.25, 0.3) is 21.8 Å². The van der Waals surface area contributed by atoms with Gasteiger partial charge in [-0.3, -0.25) is 5.10 Å². The van der Waals surface area contributed by atoms with E-state index in [1.54, 1.807) is 12.1 Å². The summed E-state index contributed by atoms with van der Waals surface area (Å²) < 4.78 is 5.80. The van der Waals surface area contributed by atoms with Crippen LogP contribution in [0.1, 0.15) is 25.8 Å². The second kappa shape index (κ2) is 9.59. The standard InChI is InChI=1S/C20H21Cl2N5OS/c1-4-13(28-5-2)10-27(3)20-15(9-23)17(14-7-6-12(21)8-16(14)22)18(29-20)19-24-11-25-26-19/h6-8,11,13H,4-5,10H2,1-3H3,(H,24,25,26)/t13-/m0/s1. The van der Waals surface area contributed by atoms with Crippen molar-refractivity contribution in [2.75, 3.05) is 25.1 Å². The molecule has 29 heavy (non-hydrogen) atoms. The van der Waals surface area contributed by atoms with Gasteiger partial charge in [-0.25, -0.2) is 4.98 Å². The third-order valence-corrected chi connectivity index (χ3v) is 6.37. The molecule has 2 heterocycles. The molecule has 0 bridgehead atoms. The fourth-order valence-electron chi connectivity index (χ4n) is 3.15. The average Bonchev–Trinajstić information content (AvgIpc) is 3.35. The molecule has 9 heteroatoms. The summed E-state index contributed by atoms with van der Waals surface area (Å²) in [4.78, 5) is 7.15. The number of halogens is 2. The van der Waals surface area contributed by atoms with Gasteiger partial charge in [-0.2, -0.15) is 10.4 Å². The zero-order valence-electron chi connectivity index (χ0n) is 16.4. The van der Waals surface area contributed by atoms with Gasteiger partial charge in [0, 0.05) is 41.4 Å². The molecule has 0 amide bonds. The molecule has 1 N–H and O–H groups in total. The van der Waals surface area contributed by atoms with Gasteiger partial charge in [-0.15, -0.1) is 11.3 Å². The highest BCUT2D eigenvalue weighted by Crippen LogP contribution is 2.48. The second-order valence-corrected chi connectivity index (χ2v) is 8.27. The van der Waals surface area contributed by atoms with E-state index >= 15 is 0 Å². The summed E-state index contributed by atoms with van der Waals surface area (Å²) in [7, 11) is 1.96. The van der Waals surface area contributed by atoms with E-state index < -0.39 is 0 Å². The van der Waals surface area contributed by atoms with E-state index in [2.05, 4.69) is 33.1 Å². The molecule has 152 valence electrons. The minimum Gasteiger partial charge on any atom is -0.377 e. The lowest BCUT2D eigenvalue weighted by atomic mass is 10.0. The van der Waals surface area contributed by atoms with E-state index in [1.165, 1.54) is 17.7 Å². The number of thiophene rings is 1.